The molecule has 0 heterocycles. The smallest absolute Gasteiger partial charge is 0.0443 e. The fourth-order valence-electron chi connectivity index (χ4n) is 1.27. The molecule has 1 aromatic rings. The van der Waals surface area contributed by atoms with Crippen LogP contribution in [0.5, 0.6) is 0 Å². The molecule has 0 unspecified atom stereocenters. The first-order chi connectivity index (χ1) is 6.74. The summed E-state index contributed by atoms with van der Waals surface area (Å²) in [5.74, 6) is 0. The Morgan fingerprint density at radius 1 is 1.36 bits per heavy atom. The Morgan fingerprint density at radius 3 is 2.57 bits per heavy atom. The zero-order valence-corrected chi connectivity index (χ0v) is 9.09. The molecule has 3 heteroatoms. The van der Waals surface area contributed by atoms with Crippen LogP contribution in [0.15, 0.2) is 24.3 Å². The van der Waals surface area contributed by atoms with Crippen molar-refractivity contribution in [1.29, 1.82) is 0 Å². The summed E-state index contributed by atoms with van der Waals surface area (Å²) in [6, 6.07) is 8.11. The van der Waals surface area contributed by atoms with Crippen molar-refractivity contribution in [2.45, 2.75) is 19.4 Å². The van der Waals surface area contributed by atoms with E-state index >= 15 is 0 Å². The molecule has 0 radical (unpaired) electrons. The minimum atomic E-state index is 0.236. The molecule has 0 fully saturated rings. The Balaban J connectivity index is 2.43. The molecule has 0 saturated carbocycles. The Labute approximate surface area is 89.9 Å². The number of hydrogen-bond donors (Lipinski definition) is 2. The van der Waals surface area contributed by atoms with Crippen molar-refractivity contribution < 1.29 is 5.11 Å². The van der Waals surface area contributed by atoms with Gasteiger partial charge in [-0.25, -0.2) is 0 Å². The molecular weight excluding hydrogens is 198 g/mol. The van der Waals surface area contributed by atoms with Gasteiger partial charge in [0.15, 0.2) is 0 Å². The van der Waals surface area contributed by atoms with E-state index in [-0.39, 0.29) is 6.61 Å². The number of aliphatic hydroxyl groups excluding tert-OH is 1. The molecule has 0 spiro atoms. The van der Waals surface area contributed by atoms with Crippen LogP contribution in [0.3, 0.4) is 0 Å². The number of hydrogen-bond acceptors (Lipinski definition) is 2. The fourth-order valence-corrected chi connectivity index (χ4v) is 1.39. The van der Waals surface area contributed by atoms with E-state index in [4.69, 9.17) is 16.7 Å². The summed E-state index contributed by atoms with van der Waals surface area (Å²) >= 11 is 5.79. The lowest BCUT2D eigenvalue weighted by molar-refractivity contribution is 0.284. The second-order valence-electron chi connectivity index (χ2n) is 3.30. The molecule has 0 amide bonds. The molecule has 0 saturated heterocycles. The Morgan fingerprint density at radius 2 is 2.00 bits per heavy atom. The fraction of sp³-hybridized carbons (Fsp3) is 0.455. The standard InChI is InChI=1S/C11H16ClNO/c1-9(13-7-2-8-14)10-3-5-11(12)6-4-10/h3-6,9,13-14H,2,7-8H2,1H3/t9-/m1/s1. The summed E-state index contributed by atoms with van der Waals surface area (Å²) in [6.45, 7) is 3.17. The maximum absolute atomic E-state index is 8.63. The molecular formula is C11H16ClNO. The van der Waals surface area contributed by atoms with E-state index in [0.29, 0.717) is 6.04 Å². The number of nitrogens with one attached hydrogen (secondary N) is 1. The molecule has 78 valence electrons. The Bertz CT molecular complexity index is 260. The maximum Gasteiger partial charge on any atom is 0.0443 e. The number of benzene rings is 1. The minimum absolute atomic E-state index is 0.236. The lowest BCUT2D eigenvalue weighted by atomic mass is 10.1. The third-order valence-electron chi connectivity index (χ3n) is 2.16. The van der Waals surface area contributed by atoms with Gasteiger partial charge in [0.05, 0.1) is 0 Å². The Hall–Kier alpha value is -0.570. The maximum atomic E-state index is 8.63. The molecule has 1 rings (SSSR count). The summed E-state index contributed by atoms with van der Waals surface area (Å²) in [4.78, 5) is 0. The molecule has 1 aromatic carbocycles. The van der Waals surface area contributed by atoms with Gasteiger partial charge in [0, 0.05) is 17.7 Å². The quantitative estimate of drug-likeness (QED) is 0.737. The van der Waals surface area contributed by atoms with Gasteiger partial charge in [-0.2, -0.15) is 0 Å². The van der Waals surface area contributed by atoms with Crippen molar-refractivity contribution in [2.24, 2.45) is 0 Å². The van der Waals surface area contributed by atoms with Gasteiger partial charge < -0.3 is 10.4 Å². The molecule has 2 nitrogen and oxygen atoms in total. The van der Waals surface area contributed by atoms with Gasteiger partial charge in [-0.05, 0) is 37.6 Å². The van der Waals surface area contributed by atoms with Crippen LogP contribution in [0, 0.1) is 0 Å². The van der Waals surface area contributed by atoms with Crippen LogP contribution in [0.25, 0.3) is 0 Å². The van der Waals surface area contributed by atoms with Gasteiger partial charge >= 0.3 is 0 Å². The van der Waals surface area contributed by atoms with Crippen molar-refractivity contribution in [3.63, 3.8) is 0 Å². The molecule has 0 aliphatic heterocycles. The van der Waals surface area contributed by atoms with Crippen LogP contribution in [0.4, 0.5) is 0 Å². The highest BCUT2D eigenvalue weighted by molar-refractivity contribution is 6.30. The third kappa shape index (κ3) is 3.66. The normalized spacial score (nSPS) is 12.8. The molecule has 1 atom stereocenters. The van der Waals surface area contributed by atoms with Crippen LogP contribution >= 0.6 is 11.6 Å². The van der Waals surface area contributed by atoms with Gasteiger partial charge in [-0.15, -0.1) is 0 Å². The van der Waals surface area contributed by atoms with Crippen molar-refractivity contribution in [1.82, 2.24) is 5.32 Å². The zero-order chi connectivity index (χ0) is 10.4. The van der Waals surface area contributed by atoms with Crippen LogP contribution in [0.2, 0.25) is 5.02 Å². The third-order valence-corrected chi connectivity index (χ3v) is 2.41. The van der Waals surface area contributed by atoms with Gasteiger partial charge in [-0.1, -0.05) is 23.7 Å². The predicted molar refractivity (Wildman–Crippen MR) is 59.6 cm³/mol. The first kappa shape index (κ1) is 11.5. The molecule has 2 N–H and O–H groups in total. The highest BCUT2D eigenvalue weighted by atomic mass is 35.5. The van der Waals surface area contributed by atoms with Crippen molar-refractivity contribution in [3.05, 3.63) is 34.9 Å². The first-order valence-corrected chi connectivity index (χ1v) is 5.21. The second kappa shape index (κ2) is 6.02. The highest BCUT2D eigenvalue weighted by Crippen LogP contribution is 2.15. The summed E-state index contributed by atoms with van der Waals surface area (Å²) in [7, 11) is 0. The average molecular weight is 214 g/mol. The van der Waals surface area contributed by atoms with Crippen LogP contribution in [-0.2, 0) is 0 Å². The molecule has 0 aromatic heterocycles. The largest absolute Gasteiger partial charge is 0.396 e. The topological polar surface area (TPSA) is 32.3 Å². The van der Waals surface area contributed by atoms with Gasteiger partial charge in [0.25, 0.3) is 0 Å². The Kier molecular flexibility index (Phi) is 4.94. The van der Waals surface area contributed by atoms with Gasteiger partial charge in [0.1, 0.15) is 0 Å². The average Bonchev–Trinajstić information content (AvgIpc) is 2.19. The number of aliphatic hydroxyl groups is 1. The summed E-state index contributed by atoms with van der Waals surface area (Å²) in [5.41, 5.74) is 1.22. The van der Waals surface area contributed by atoms with E-state index in [1.54, 1.807) is 0 Å². The van der Waals surface area contributed by atoms with E-state index in [9.17, 15) is 0 Å². The molecule has 0 aliphatic rings. The van der Waals surface area contributed by atoms with Crippen LogP contribution < -0.4 is 5.32 Å². The first-order valence-electron chi connectivity index (χ1n) is 4.83. The van der Waals surface area contributed by atoms with E-state index in [1.165, 1.54) is 5.56 Å². The summed E-state index contributed by atoms with van der Waals surface area (Å²) < 4.78 is 0. The van der Waals surface area contributed by atoms with E-state index in [1.807, 2.05) is 24.3 Å². The van der Waals surface area contributed by atoms with Crippen LogP contribution in [0.1, 0.15) is 24.9 Å². The zero-order valence-electron chi connectivity index (χ0n) is 8.33. The molecule has 0 aliphatic carbocycles. The lowest BCUT2D eigenvalue weighted by Crippen LogP contribution is -2.20. The molecule has 14 heavy (non-hydrogen) atoms. The van der Waals surface area contributed by atoms with Crippen LogP contribution in [-0.4, -0.2) is 18.3 Å². The SMILES string of the molecule is C[C@@H](NCCCO)c1ccc(Cl)cc1. The second-order valence-corrected chi connectivity index (χ2v) is 3.74. The van der Waals surface area contributed by atoms with Crippen molar-refractivity contribution >= 4 is 11.6 Å². The molecule has 0 bridgehead atoms. The van der Waals surface area contributed by atoms with E-state index in [0.717, 1.165) is 18.0 Å². The van der Waals surface area contributed by atoms with Gasteiger partial charge in [0.2, 0.25) is 0 Å². The summed E-state index contributed by atoms with van der Waals surface area (Å²) in [5, 5.41) is 12.7. The predicted octanol–water partition coefficient (Wildman–Crippen LogP) is 2.37. The van der Waals surface area contributed by atoms with Crippen molar-refractivity contribution in [3.8, 4) is 0 Å². The summed E-state index contributed by atoms with van der Waals surface area (Å²) in [6.07, 6.45) is 0.790. The highest BCUT2D eigenvalue weighted by Gasteiger charge is 2.02. The van der Waals surface area contributed by atoms with Gasteiger partial charge in [-0.3, -0.25) is 0 Å². The minimum Gasteiger partial charge on any atom is -0.396 e. The van der Waals surface area contributed by atoms with E-state index in [2.05, 4.69) is 12.2 Å². The van der Waals surface area contributed by atoms with Crippen molar-refractivity contribution in [2.75, 3.05) is 13.2 Å². The number of halogens is 1. The van der Waals surface area contributed by atoms with E-state index < -0.39 is 0 Å². The monoisotopic (exact) mass is 213 g/mol. The lowest BCUT2D eigenvalue weighted by Gasteiger charge is -2.13. The number of rotatable bonds is 5.